The van der Waals surface area contributed by atoms with E-state index in [1.54, 1.807) is 0 Å². The molecule has 7 nitrogen and oxygen atoms in total. The number of rotatable bonds is 4. The number of β-amino-alcohol motifs (C(OH)–C–C–N with tert-alkyl or cyclic N) is 1. The average Bonchev–Trinajstić information content (AvgIpc) is 2.74. The van der Waals surface area contributed by atoms with E-state index in [-0.39, 0.29) is 24.2 Å². The number of ether oxygens (including phenoxy) is 2. The summed E-state index contributed by atoms with van der Waals surface area (Å²) in [4.78, 5) is 19.5. The van der Waals surface area contributed by atoms with Gasteiger partial charge < -0.3 is 24.4 Å². The van der Waals surface area contributed by atoms with Crippen LogP contribution in [-0.4, -0.2) is 110 Å². The molecule has 0 aromatic carbocycles. The van der Waals surface area contributed by atoms with Gasteiger partial charge in [-0.3, -0.25) is 9.69 Å². The molecule has 4 fully saturated rings. The largest absolute Gasteiger partial charge is 0.389 e. The van der Waals surface area contributed by atoms with Gasteiger partial charge in [-0.2, -0.15) is 0 Å². The third-order valence-corrected chi connectivity index (χ3v) is 7.56. The number of aliphatic hydroxyl groups is 1. The summed E-state index contributed by atoms with van der Waals surface area (Å²) in [6.07, 6.45) is 8.65. The van der Waals surface area contributed by atoms with Crippen molar-refractivity contribution < 1.29 is 19.4 Å². The van der Waals surface area contributed by atoms with Crippen molar-refractivity contribution in [3.63, 3.8) is 0 Å². The van der Waals surface area contributed by atoms with Crippen molar-refractivity contribution in [3.8, 4) is 0 Å². The molecule has 0 aromatic rings. The lowest BCUT2D eigenvalue weighted by molar-refractivity contribution is -0.162. The molecular formula is C23H41N3O4. The van der Waals surface area contributed by atoms with Crippen molar-refractivity contribution in [2.75, 3.05) is 59.5 Å². The number of fused-ring (bicyclic) bond motifs is 1. The number of amides is 1. The Hall–Kier alpha value is -0.730. The highest BCUT2D eigenvalue weighted by atomic mass is 16.5. The molecule has 30 heavy (non-hydrogen) atoms. The maximum Gasteiger partial charge on any atom is 0.225 e. The zero-order chi connectivity index (χ0) is 20.9. The van der Waals surface area contributed by atoms with E-state index < -0.39 is 6.10 Å². The van der Waals surface area contributed by atoms with Gasteiger partial charge in [0.05, 0.1) is 37.9 Å². The second kappa shape index (κ2) is 10.7. The van der Waals surface area contributed by atoms with Crippen LogP contribution in [0.5, 0.6) is 0 Å². The molecule has 7 heteroatoms. The molecule has 0 radical (unpaired) electrons. The number of piperazine rings is 1. The van der Waals surface area contributed by atoms with Gasteiger partial charge in [-0.15, -0.1) is 0 Å². The molecule has 1 amide bonds. The van der Waals surface area contributed by atoms with Gasteiger partial charge in [0.2, 0.25) is 5.91 Å². The van der Waals surface area contributed by atoms with E-state index in [0.717, 1.165) is 51.5 Å². The first-order valence-electron chi connectivity index (χ1n) is 12.2. The van der Waals surface area contributed by atoms with Crippen molar-refractivity contribution in [2.24, 2.45) is 5.92 Å². The van der Waals surface area contributed by atoms with Crippen LogP contribution in [0.4, 0.5) is 0 Å². The number of hydrogen-bond acceptors (Lipinski definition) is 6. The molecule has 3 heterocycles. The van der Waals surface area contributed by atoms with Crippen LogP contribution in [0.2, 0.25) is 0 Å². The number of nitrogens with zero attached hydrogens (tertiary/aromatic N) is 3. The number of likely N-dealkylation sites (N-methyl/N-ethyl adjacent to an activating group) is 1. The Bertz CT molecular complexity index is 549. The van der Waals surface area contributed by atoms with Crippen molar-refractivity contribution in [1.82, 2.24) is 14.7 Å². The Kier molecular flexibility index (Phi) is 8.03. The van der Waals surface area contributed by atoms with Gasteiger partial charge in [-0.05, 0) is 38.6 Å². The van der Waals surface area contributed by atoms with Crippen LogP contribution in [0, 0.1) is 5.92 Å². The third kappa shape index (κ3) is 5.94. The molecule has 172 valence electrons. The smallest absolute Gasteiger partial charge is 0.225 e. The summed E-state index contributed by atoms with van der Waals surface area (Å²) in [6.45, 7) is 6.18. The van der Waals surface area contributed by atoms with Crippen LogP contribution in [0.25, 0.3) is 0 Å². The zero-order valence-electron chi connectivity index (χ0n) is 18.7. The Labute approximate surface area is 181 Å². The second-order valence-corrected chi connectivity index (χ2v) is 9.98. The van der Waals surface area contributed by atoms with Crippen molar-refractivity contribution in [2.45, 2.75) is 75.7 Å². The quantitative estimate of drug-likeness (QED) is 0.736. The second-order valence-electron chi connectivity index (χ2n) is 9.98. The summed E-state index contributed by atoms with van der Waals surface area (Å²) in [5, 5.41) is 10.4. The minimum absolute atomic E-state index is 0.000120. The summed E-state index contributed by atoms with van der Waals surface area (Å²) in [7, 11) is 2.11. The molecule has 0 spiro atoms. The minimum atomic E-state index is -0.425. The summed E-state index contributed by atoms with van der Waals surface area (Å²) in [5.74, 6) is 0.969. The van der Waals surface area contributed by atoms with Gasteiger partial charge in [0.25, 0.3) is 0 Å². The Morgan fingerprint density at radius 2 is 1.77 bits per heavy atom. The van der Waals surface area contributed by atoms with Gasteiger partial charge in [0, 0.05) is 45.3 Å². The number of carbonyl (C=O) groups is 1. The standard InChI is InChI=1S/C23H41N3O4/c1-24-9-11-25(12-10-24)23(28)13-20-7-8-21-22(30-20)17-29-16-19(27)15-26(21)14-18-5-3-2-4-6-18/h18-22,27H,2-17H2,1H3/t19-,20-,21-,22+/m0/s1. The average molecular weight is 424 g/mol. The Balaban J connectivity index is 1.33. The molecule has 1 N–H and O–H groups in total. The highest BCUT2D eigenvalue weighted by Crippen LogP contribution is 2.31. The van der Waals surface area contributed by atoms with Crippen LogP contribution in [0.3, 0.4) is 0 Å². The van der Waals surface area contributed by atoms with Gasteiger partial charge in [0.1, 0.15) is 0 Å². The van der Waals surface area contributed by atoms with Crippen LogP contribution in [0.1, 0.15) is 51.4 Å². The molecule has 3 aliphatic heterocycles. The lowest BCUT2D eigenvalue weighted by Crippen LogP contribution is -2.57. The molecule has 0 unspecified atom stereocenters. The Morgan fingerprint density at radius 3 is 2.53 bits per heavy atom. The molecule has 1 saturated carbocycles. The summed E-state index contributed by atoms with van der Waals surface area (Å²) in [6, 6.07) is 0.289. The van der Waals surface area contributed by atoms with Gasteiger partial charge in [-0.1, -0.05) is 19.3 Å². The van der Waals surface area contributed by atoms with E-state index in [1.807, 2.05) is 4.90 Å². The van der Waals surface area contributed by atoms with Crippen molar-refractivity contribution in [3.05, 3.63) is 0 Å². The molecular weight excluding hydrogens is 382 g/mol. The molecule has 0 aromatic heterocycles. The summed E-state index contributed by atoms with van der Waals surface area (Å²) in [5.41, 5.74) is 0. The molecule has 1 aliphatic carbocycles. The van der Waals surface area contributed by atoms with E-state index in [9.17, 15) is 9.90 Å². The number of carbonyl (C=O) groups excluding carboxylic acids is 1. The third-order valence-electron chi connectivity index (χ3n) is 7.56. The van der Waals surface area contributed by atoms with E-state index >= 15 is 0 Å². The molecule has 3 saturated heterocycles. The fraction of sp³-hybridized carbons (Fsp3) is 0.957. The predicted molar refractivity (Wildman–Crippen MR) is 115 cm³/mol. The van der Waals surface area contributed by atoms with Crippen molar-refractivity contribution >= 4 is 5.91 Å². The first-order valence-corrected chi connectivity index (χ1v) is 12.2. The van der Waals surface area contributed by atoms with Gasteiger partial charge in [0.15, 0.2) is 0 Å². The molecule has 0 bridgehead atoms. The lowest BCUT2D eigenvalue weighted by atomic mass is 9.87. The number of hydrogen-bond donors (Lipinski definition) is 1. The minimum Gasteiger partial charge on any atom is -0.389 e. The van der Waals surface area contributed by atoms with E-state index in [1.165, 1.54) is 32.1 Å². The first-order chi connectivity index (χ1) is 14.6. The summed E-state index contributed by atoms with van der Waals surface area (Å²) >= 11 is 0. The van der Waals surface area contributed by atoms with E-state index in [0.29, 0.717) is 26.2 Å². The molecule has 4 aliphatic rings. The van der Waals surface area contributed by atoms with Gasteiger partial charge in [-0.25, -0.2) is 0 Å². The topological polar surface area (TPSA) is 65.5 Å². The fourth-order valence-electron chi connectivity index (χ4n) is 5.74. The molecule has 4 atom stereocenters. The van der Waals surface area contributed by atoms with E-state index in [4.69, 9.17) is 9.47 Å². The normalized spacial score (nSPS) is 35.5. The van der Waals surface area contributed by atoms with Crippen LogP contribution >= 0.6 is 0 Å². The van der Waals surface area contributed by atoms with Crippen LogP contribution in [0.15, 0.2) is 0 Å². The Morgan fingerprint density at radius 1 is 1.00 bits per heavy atom. The highest BCUT2D eigenvalue weighted by molar-refractivity contribution is 5.76. The van der Waals surface area contributed by atoms with E-state index in [2.05, 4.69) is 16.8 Å². The summed E-state index contributed by atoms with van der Waals surface area (Å²) < 4.78 is 12.2. The van der Waals surface area contributed by atoms with Gasteiger partial charge >= 0.3 is 0 Å². The maximum absolute atomic E-state index is 12.8. The fourth-order valence-corrected chi connectivity index (χ4v) is 5.74. The first kappa shape index (κ1) is 22.5. The predicted octanol–water partition coefficient (Wildman–Crippen LogP) is 1.34. The van der Waals surface area contributed by atoms with Crippen LogP contribution < -0.4 is 0 Å². The number of aliphatic hydroxyl groups excluding tert-OH is 1. The zero-order valence-corrected chi connectivity index (χ0v) is 18.7. The SMILES string of the molecule is CN1CCN(C(=O)C[C@@H]2CC[C@H]3[C@@H](COC[C@@H](O)CN3CC3CCCCC3)O2)CC1. The van der Waals surface area contributed by atoms with Crippen LogP contribution in [-0.2, 0) is 14.3 Å². The highest BCUT2D eigenvalue weighted by Gasteiger charge is 2.39. The van der Waals surface area contributed by atoms with Crippen molar-refractivity contribution in [1.29, 1.82) is 0 Å². The molecule has 4 rings (SSSR count). The lowest BCUT2D eigenvalue weighted by Gasteiger charge is -2.46. The monoisotopic (exact) mass is 423 g/mol. The maximum atomic E-state index is 12.8.